The van der Waals surface area contributed by atoms with Gasteiger partial charge in [0.2, 0.25) is 0 Å². The second kappa shape index (κ2) is 6.16. The van der Waals surface area contributed by atoms with Gasteiger partial charge in [-0.15, -0.1) is 10.2 Å². The SMILES string of the molecule is COCCn1cnnc1SCCC12CC3CC(CC(C3)C1)C2. The summed E-state index contributed by atoms with van der Waals surface area (Å²) in [6.07, 6.45) is 12.3. The van der Waals surface area contributed by atoms with Crippen LogP contribution in [0.25, 0.3) is 0 Å². The third kappa shape index (κ3) is 2.94. The molecule has 0 atom stereocenters. The Balaban J connectivity index is 1.33. The molecule has 122 valence electrons. The first-order chi connectivity index (χ1) is 10.8. The summed E-state index contributed by atoms with van der Waals surface area (Å²) >= 11 is 1.89. The summed E-state index contributed by atoms with van der Waals surface area (Å²) in [6.45, 7) is 1.57. The summed E-state index contributed by atoms with van der Waals surface area (Å²) in [5.41, 5.74) is 0.680. The molecule has 0 amide bonds. The van der Waals surface area contributed by atoms with E-state index in [-0.39, 0.29) is 0 Å². The van der Waals surface area contributed by atoms with E-state index in [4.69, 9.17) is 4.74 Å². The number of hydrogen-bond donors (Lipinski definition) is 0. The highest BCUT2D eigenvalue weighted by Gasteiger charge is 2.50. The third-order valence-electron chi connectivity index (χ3n) is 6.14. The highest BCUT2D eigenvalue weighted by molar-refractivity contribution is 7.99. The van der Waals surface area contributed by atoms with Crippen LogP contribution < -0.4 is 0 Å². The van der Waals surface area contributed by atoms with Crippen LogP contribution in [0, 0.1) is 23.2 Å². The first-order valence-electron chi connectivity index (χ1n) is 8.76. The van der Waals surface area contributed by atoms with Crippen molar-refractivity contribution in [3.05, 3.63) is 6.33 Å². The molecule has 5 heteroatoms. The second-order valence-electron chi connectivity index (χ2n) is 7.82. The standard InChI is InChI=1S/C17H27N3OS/c1-21-4-3-20-12-18-19-16(20)22-5-2-17-9-13-6-14(10-17)8-15(7-13)11-17/h12-15H,2-11H2,1H3. The molecule has 0 spiro atoms. The van der Waals surface area contributed by atoms with Crippen LogP contribution in [0.2, 0.25) is 0 Å². The minimum Gasteiger partial charge on any atom is -0.383 e. The van der Waals surface area contributed by atoms with Crippen LogP contribution in [0.1, 0.15) is 44.9 Å². The van der Waals surface area contributed by atoms with Crippen LogP contribution in [0.4, 0.5) is 0 Å². The molecule has 1 heterocycles. The molecular weight excluding hydrogens is 294 g/mol. The van der Waals surface area contributed by atoms with Crippen molar-refractivity contribution >= 4 is 11.8 Å². The molecule has 1 aromatic rings. The Bertz CT molecular complexity index is 480. The number of ether oxygens (including phenoxy) is 1. The number of hydrogen-bond acceptors (Lipinski definition) is 4. The van der Waals surface area contributed by atoms with Crippen molar-refractivity contribution < 1.29 is 4.74 Å². The van der Waals surface area contributed by atoms with E-state index in [1.54, 1.807) is 7.11 Å². The fourth-order valence-corrected chi connectivity index (χ4v) is 6.78. The van der Waals surface area contributed by atoms with E-state index in [0.29, 0.717) is 5.41 Å². The van der Waals surface area contributed by atoms with Gasteiger partial charge in [0.25, 0.3) is 0 Å². The molecule has 0 saturated heterocycles. The zero-order chi connectivity index (χ0) is 15.0. The van der Waals surface area contributed by atoms with Gasteiger partial charge in [-0.25, -0.2) is 0 Å². The zero-order valence-electron chi connectivity index (χ0n) is 13.5. The van der Waals surface area contributed by atoms with Gasteiger partial charge < -0.3 is 9.30 Å². The first kappa shape index (κ1) is 15.0. The van der Waals surface area contributed by atoms with Crippen LogP contribution in [0.15, 0.2) is 11.5 Å². The predicted molar refractivity (Wildman–Crippen MR) is 87.8 cm³/mol. The quantitative estimate of drug-likeness (QED) is 0.719. The van der Waals surface area contributed by atoms with Gasteiger partial charge in [-0.05, 0) is 68.1 Å². The Morgan fingerprint density at radius 1 is 1.23 bits per heavy atom. The Morgan fingerprint density at radius 2 is 1.91 bits per heavy atom. The molecule has 4 aliphatic carbocycles. The molecule has 4 saturated carbocycles. The van der Waals surface area contributed by atoms with Crippen molar-refractivity contribution in [2.24, 2.45) is 23.2 Å². The van der Waals surface area contributed by atoms with Gasteiger partial charge in [0.15, 0.2) is 5.16 Å². The first-order valence-corrected chi connectivity index (χ1v) is 9.74. The van der Waals surface area contributed by atoms with Gasteiger partial charge in [0.1, 0.15) is 6.33 Å². The van der Waals surface area contributed by atoms with E-state index in [2.05, 4.69) is 14.8 Å². The van der Waals surface area contributed by atoms with Gasteiger partial charge in [-0.3, -0.25) is 0 Å². The number of rotatable bonds is 7. The number of methoxy groups -OCH3 is 1. The van der Waals surface area contributed by atoms with E-state index < -0.39 is 0 Å². The van der Waals surface area contributed by atoms with Crippen molar-refractivity contribution in [3.63, 3.8) is 0 Å². The molecule has 0 aromatic carbocycles. The molecule has 4 aliphatic rings. The zero-order valence-corrected chi connectivity index (χ0v) is 14.4. The average molecular weight is 321 g/mol. The maximum Gasteiger partial charge on any atom is 0.191 e. The summed E-state index contributed by atoms with van der Waals surface area (Å²) in [7, 11) is 1.74. The minimum atomic E-state index is 0.680. The minimum absolute atomic E-state index is 0.680. The van der Waals surface area contributed by atoms with Gasteiger partial charge in [-0.1, -0.05) is 11.8 Å². The van der Waals surface area contributed by atoms with Crippen LogP contribution in [-0.2, 0) is 11.3 Å². The molecule has 22 heavy (non-hydrogen) atoms. The summed E-state index contributed by atoms with van der Waals surface area (Å²) in [5.74, 6) is 4.36. The maximum atomic E-state index is 5.15. The van der Waals surface area contributed by atoms with Crippen molar-refractivity contribution in [1.82, 2.24) is 14.8 Å². The highest BCUT2D eigenvalue weighted by atomic mass is 32.2. The van der Waals surface area contributed by atoms with Gasteiger partial charge in [-0.2, -0.15) is 0 Å². The second-order valence-corrected chi connectivity index (χ2v) is 8.88. The van der Waals surface area contributed by atoms with Crippen LogP contribution in [0.5, 0.6) is 0 Å². The van der Waals surface area contributed by atoms with E-state index in [1.807, 2.05) is 18.1 Å². The number of aromatic nitrogens is 3. The van der Waals surface area contributed by atoms with Gasteiger partial charge in [0.05, 0.1) is 6.61 Å². The lowest BCUT2D eigenvalue weighted by atomic mass is 9.49. The fraction of sp³-hybridized carbons (Fsp3) is 0.882. The highest BCUT2D eigenvalue weighted by Crippen LogP contribution is 2.61. The molecule has 4 bridgehead atoms. The van der Waals surface area contributed by atoms with Crippen LogP contribution >= 0.6 is 11.8 Å². The van der Waals surface area contributed by atoms with Crippen LogP contribution in [0.3, 0.4) is 0 Å². The van der Waals surface area contributed by atoms with E-state index in [9.17, 15) is 0 Å². The van der Waals surface area contributed by atoms with E-state index >= 15 is 0 Å². The van der Waals surface area contributed by atoms with Crippen molar-refractivity contribution in [2.75, 3.05) is 19.5 Å². The Kier molecular flexibility index (Phi) is 4.20. The van der Waals surface area contributed by atoms with E-state index in [0.717, 1.165) is 36.1 Å². The van der Waals surface area contributed by atoms with Crippen LogP contribution in [-0.4, -0.2) is 34.2 Å². The Morgan fingerprint density at radius 3 is 2.55 bits per heavy atom. The largest absolute Gasteiger partial charge is 0.383 e. The fourth-order valence-electron chi connectivity index (χ4n) is 5.65. The molecule has 0 radical (unpaired) electrons. The molecule has 5 rings (SSSR count). The van der Waals surface area contributed by atoms with Crippen molar-refractivity contribution in [3.8, 4) is 0 Å². The summed E-state index contributed by atoms with van der Waals surface area (Å²) in [4.78, 5) is 0. The molecular formula is C17H27N3OS. The van der Waals surface area contributed by atoms with Crippen molar-refractivity contribution in [1.29, 1.82) is 0 Å². The Hall–Kier alpha value is -0.550. The predicted octanol–water partition coefficient (Wildman–Crippen LogP) is 3.62. The molecule has 4 nitrogen and oxygen atoms in total. The lowest BCUT2D eigenvalue weighted by Crippen LogP contribution is -2.46. The molecule has 0 aliphatic heterocycles. The molecule has 0 N–H and O–H groups in total. The number of thioether (sulfide) groups is 1. The maximum absolute atomic E-state index is 5.15. The number of nitrogens with zero attached hydrogens (tertiary/aromatic N) is 3. The molecule has 1 aromatic heterocycles. The third-order valence-corrected chi connectivity index (χ3v) is 7.13. The molecule has 4 fully saturated rings. The summed E-state index contributed by atoms with van der Waals surface area (Å²) in [5, 5.41) is 9.39. The van der Waals surface area contributed by atoms with E-state index in [1.165, 1.54) is 50.7 Å². The summed E-state index contributed by atoms with van der Waals surface area (Å²) in [6, 6.07) is 0. The monoisotopic (exact) mass is 321 g/mol. The van der Waals surface area contributed by atoms with Gasteiger partial charge in [0, 0.05) is 19.4 Å². The lowest BCUT2D eigenvalue weighted by molar-refractivity contribution is -0.0538. The average Bonchev–Trinajstić information content (AvgIpc) is 2.91. The normalized spacial score (nSPS) is 36.1. The summed E-state index contributed by atoms with van der Waals surface area (Å²) < 4.78 is 7.27. The molecule has 0 unspecified atom stereocenters. The lowest BCUT2D eigenvalue weighted by Gasteiger charge is -2.57. The smallest absolute Gasteiger partial charge is 0.191 e. The Labute approximate surface area is 137 Å². The van der Waals surface area contributed by atoms with Gasteiger partial charge >= 0.3 is 0 Å². The topological polar surface area (TPSA) is 39.9 Å². The van der Waals surface area contributed by atoms with Crippen molar-refractivity contribution in [2.45, 2.75) is 56.6 Å².